The second kappa shape index (κ2) is 11.1. The average Bonchev–Trinajstić information content (AvgIpc) is 3.31. The number of hydrogen-bond acceptors (Lipinski definition) is 6. The Balaban J connectivity index is 1.67. The van der Waals surface area contributed by atoms with Gasteiger partial charge in [0.15, 0.2) is 0 Å². The summed E-state index contributed by atoms with van der Waals surface area (Å²) >= 11 is 1.55. The summed E-state index contributed by atoms with van der Waals surface area (Å²) in [7, 11) is 0. The normalized spacial score (nSPS) is 33.1. The number of cyclic esters (lactones) is 1. The molecule has 0 saturated carbocycles. The number of rotatable bonds is 5. The maximum absolute atomic E-state index is 14.7. The lowest BCUT2D eigenvalue weighted by Crippen LogP contribution is -2.58. The van der Waals surface area contributed by atoms with E-state index in [1.807, 2.05) is 64.1 Å². The van der Waals surface area contributed by atoms with E-state index >= 15 is 0 Å². The highest BCUT2D eigenvalue weighted by atomic mass is 32.2. The Hall–Kier alpha value is -2.58. The zero-order valence-corrected chi connectivity index (χ0v) is 24.2. The number of nitrogens with zero attached hydrogens (tertiary/aromatic N) is 2. The number of aliphatic hydroxyl groups is 1. The smallest absolute Gasteiger partial charge is 0.311 e. The van der Waals surface area contributed by atoms with Crippen LogP contribution in [0.1, 0.15) is 50.7 Å². The summed E-state index contributed by atoms with van der Waals surface area (Å²) in [4.78, 5) is 46.2. The third kappa shape index (κ3) is 4.63. The molecular formula is C31H40N2O5S. The predicted molar refractivity (Wildman–Crippen MR) is 153 cm³/mol. The van der Waals surface area contributed by atoms with Crippen molar-refractivity contribution in [2.24, 2.45) is 17.8 Å². The zero-order valence-electron chi connectivity index (χ0n) is 23.3. The molecule has 210 valence electrons. The van der Waals surface area contributed by atoms with Gasteiger partial charge in [0, 0.05) is 17.5 Å². The van der Waals surface area contributed by atoms with E-state index in [4.69, 9.17) is 4.74 Å². The van der Waals surface area contributed by atoms with Crippen LogP contribution in [0.3, 0.4) is 0 Å². The minimum atomic E-state index is -0.936. The van der Waals surface area contributed by atoms with Gasteiger partial charge in [-0.1, -0.05) is 56.7 Å². The van der Waals surface area contributed by atoms with Crippen LogP contribution in [-0.4, -0.2) is 69.6 Å². The first kappa shape index (κ1) is 28.0. The largest absolute Gasteiger partial charge is 0.465 e. The summed E-state index contributed by atoms with van der Waals surface area (Å²) in [5.41, 5.74) is 2.85. The first-order valence-corrected chi connectivity index (χ1v) is 15.1. The molecular weight excluding hydrogens is 512 g/mol. The van der Waals surface area contributed by atoms with E-state index in [1.54, 1.807) is 21.6 Å². The van der Waals surface area contributed by atoms with Crippen LogP contribution in [0.2, 0.25) is 0 Å². The first-order chi connectivity index (χ1) is 18.7. The minimum absolute atomic E-state index is 0.0271. The number of carbonyl (C=O) groups excluding carboxylic acids is 3. The molecule has 39 heavy (non-hydrogen) atoms. The van der Waals surface area contributed by atoms with Crippen LogP contribution >= 0.6 is 11.8 Å². The number of thioether (sulfide) groups is 1. The molecule has 1 spiro atoms. The van der Waals surface area contributed by atoms with Crippen LogP contribution in [0, 0.1) is 31.6 Å². The number of amides is 2. The quantitative estimate of drug-likeness (QED) is 0.435. The summed E-state index contributed by atoms with van der Waals surface area (Å²) in [5, 5.41) is 10.3. The molecule has 1 unspecified atom stereocenters. The number of hydrogen-bond donors (Lipinski definition) is 1. The lowest BCUT2D eigenvalue weighted by Gasteiger charge is -2.40. The Morgan fingerprint density at radius 2 is 1.95 bits per heavy atom. The van der Waals surface area contributed by atoms with Gasteiger partial charge in [-0.25, -0.2) is 0 Å². The number of allylic oxidation sites excluding steroid dienone is 1. The third-order valence-corrected chi connectivity index (χ3v) is 10.8. The molecule has 1 aromatic carbocycles. The topological polar surface area (TPSA) is 87.2 Å². The van der Waals surface area contributed by atoms with Crippen LogP contribution < -0.4 is 4.90 Å². The molecule has 4 aliphatic heterocycles. The number of fused-ring (bicyclic) bond motifs is 2. The first-order valence-electron chi connectivity index (χ1n) is 14.3. The minimum Gasteiger partial charge on any atom is -0.465 e. The van der Waals surface area contributed by atoms with Crippen molar-refractivity contribution in [2.75, 3.05) is 24.7 Å². The zero-order chi connectivity index (χ0) is 27.9. The van der Waals surface area contributed by atoms with Crippen molar-refractivity contribution < 1.29 is 24.2 Å². The molecule has 0 aromatic heterocycles. The lowest BCUT2D eigenvalue weighted by molar-refractivity contribution is -0.153. The Morgan fingerprint density at radius 3 is 2.69 bits per heavy atom. The van der Waals surface area contributed by atoms with Crippen LogP contribution in [0.5, 0.6) is 0 Å². The van der Waals surface area contributed by atoms with Gasteiger partial charge >= 0.3 is 5.97 Å². The van der Waals surface area contributed by atoms with Crippen molar-refractivity contribution in [3.05, 3.63) is 53.6 Å². The molecule has 7 atom stereocenters. The van der Waals surface area contributed by atoms with Crippen molar-refractivity contribution in [3.63, 3.8) is 0 Å². The number of anilines is 1. The highest BCUT2D eigenvalue weighted by Gasteiger charge is 2.72. The molecule has 1 aromatic rings. The summed E-state index contributed by atoms with van der Waals surface area (Å²) in [6, 6.07) is 4.67. The molecule has 1 N–H and O–H groups in total. The molecule has 2 saturated heterocycles. The molecule has 7 nitrogen and oxygen atoms in total. The van der Waals surface area contributed by atoms with E-state index in [0.29, 0.717) is 13.2 Å². The van der Waals surface area contributed by atoms with E-state index < -0.39 is 28.7 Å². The number of likely N-dealkylation sites (tertiary alicyclic amines) is 1. The summed E-state index contributed by atoms with van der Waals surface area (Å²) in [6.45, 7) is 8.48. The van der Waals surface area contributed by atoms with Crippen LogP contribution in [0.25, 0.3) is 0 Å². The number of aliphatic hydroxyl groups excluding tert-OH is 1. The van der Waals surface area contributed by atoms with Gasteiger partial charge in [-0.05, 0) is 56.2 Å². The lowest BCUT2D eigenvalue weighted by atomic mass is 9.78. The van der Waals surface area contributed by atoms with Gasteiger partial charge in [0.05, 0.1) is 35.8 Å². The standard InChI is InChI=1S/C31H40N2O5S/c1-5-20(3)23(18-34)33-27-29(36)32(22-17-19(2)12-13-21(22)4)15-10-14-31(27)26(28(33)35)25-24(39-31)11-8-6-7-9-16-38-30(25)37/h8,10-14,17,20,23-27,34H,5-7,9,15-16,18H2,1-4H3/b11-8-/t20-,23-,24+,25-,26-,27?,31-/m0/s1. The van der Waals surface area contributed by atoms with Crippen molar-refractivity contribution in [3.8, 4) is 0 Å². The summed E-state index contributed by atoms with van der Waals surface area (Å²) in [6.07, 6.45) is 11.5. The predicted octanol–water partition coefficient (Wildman–Crippen LogP) is 4.19. The van der Waals surface area contributed by atoms with E-state index in [1.165, 1.54) is 0 Å². The molecule has 4 aliphatic rings. The van der Waals surface area contributed by atoms with E-state index in [-0.39, 0.29) is 35.6 Å². The molecule has 5 rings (SSSR count). The monoisotopic (exact) mass is 552 g/mol. The molecule has 8 heteroatoms. The molecule has 4 heterocycles. The van der Waals surface area contributed by atoms with Gasteiger partial charge in [-0.15, -0.1) is 11.8 Å². The van der Waals surface area contributed by atoms with Gasteiger partial charge < -0.3 is 19.6 Å². The Morgan fingerprint density at radius 1 is 1.15 bits per heavy atom. The summed E-state index contributed by atoms with van der Waals surface area (Å²) < 4.78 is 4.77. The fourth-order valence-electron chi connectivity index (χ4n) is 6.75. The molecule has 0 aliphatic carbocycles. The van der Waals surface area contributed by atoms with Crippen molar-refractivity contribution in [1.29, 1.82) is 0 Å². The van der Waals surface area contributed by atoms with Crippen molar-refractivity contribution >= 4 is 35.2 Å². The van der Waals surface area contributed by atoms with E-state index in [9.17, 15) is 19.5 Å². The molecule has 0 bridgehead atoms. The Kier molecular flexibility index (Phi) is 7.98. The summed E-state index contributed by atoms with van der Waals surface area (Å²) in [5.74, 6) is -2.23. The SMILES string of the molecule is CC[C@H](C)[C@H](CO)N1C(=O)[C@@H]2[C@H]3C(=O)OCCCC/C=C\[C@H]3S[C@@]23C=CCN(c2cc(C)ccc2C)C(=O)C13. The van der Waals surface area contributed by atoms with E-state index in [0.717, 1.165) is 42.5 Å². The number of aryl methyl sites for hydroxylation is 2. The van der Waals surface area contributed by atoms with Gasteiger partial charge in [-0.3, -0.25) is 14.4 Å². The second-order valence-electron chi connectivity index (χ2n) is 11.5. The van der Waals surface area contributed by atoms with Crippen LogP contribution in [-0.2, 0) is 19.1 Å². The third-order valence-electron chi connectivity index (χ3n) is 9.04. The highest BCUT2D eigenvalue weighted by molar-refractivity contribution is 8.02. The molecule has 2 amide bonds. The molecule has 2 fully saturated rings. The van der Waals surface area contributed by atoms with Crippen LogP contribution in [0.15, 0.2) is 42.5 Å². The van der Waals surface area contributed by atoms with Gasteiger partial charge in [0.25, 0.3) is 5.91 Å². The Labute approximate surface area is 235 Å². The second-order valence-corrected chi connectivity index (χ2v) is 12.9. The maximum atomic E-state index is 14.7. The fraction of sp³-hybridized carbons (Fsp3) is 0.581. The highest BCUT2D eigenvalue weighted by Crippen LogP contribution is 2.61. The van der Waals surface area contributed by atoms with Crippen molar-refractivity contribution in [2.45, 2.75) is 75.5 Å². The Bertz CT molecular complexity index is 1200. The fourth-order valence-corrected chi connectivity index (χ4v) is 8.74. The maximum Gasteiger partial charge on any atom is 0.311 e. The average molecular weight is 553 g/mol. The van der Waals surface area contributed by atoms with Crippen LogP contribution in [0.4, 0.5) is 5.69 Å². The van der Waals surface area contributed by atoms with E-state index in [2.05, 4.69) is 6.08 Å². The number of carbonyl (C=O) groups is 3. The molecule has 0 radical (unpaired) electrons. The van der Waals surface area contributed by atoms with Crippen molar-refractivity contribution in [1.82, 2.24) is 4.90 Å². The number of esters is 1. The number of benzene rings is 1. The van der Waals surface area contributed by atoms with Gasteiger partial charge in [0.2, 0.25) is 5.91 Å². The van der Waals surface area contributed by atoms with Gasteiger partial charge in [-0.2, -0.15) is 0 Å². The van der Waals surface area contributed by atoms with Gasteiger partial charge in [0.1, 0.15) is 6.04 Å². The number of ether oxygens (including phenoxy) is 1.